The Morgan fingerprint density at radius 3 is 0.569 bits per heavy atom. The van der Waals surface area contributed by atoms with Crippen molar-refractivity contribution in [2.24, 2.45) is 0 Å². The lowest BCUT2D eigenvalue weighted by atomic mass is 9.32. The fourth-order valence-electron chi connectivity index (χ4n) is 18.1. The fourth-order valence-corrected chi connectivity index (χ4v) is 18.1. The maximum atomic E-state index is 6.28. The van der Waals surface area contributed by atoms with E-state index in [1.807, 2.05) is 72.8 Å². The summed E-state index contributed by atoms with van der Waals surface area (Å²) in [5.74, 6) is 3.25. The number of H-pyrrole nitrogens is 4. The van der Waals surface area contributed by atoms with Gasteiger partial charge in [0.2, 0.25) is 0 Å². The third kappa shape index (κ3) is 9.87. The number of fused-ring (bicyclic) bond motifs is 4. The third-order valence-corrected chi connectivity index (χ3v) is 22.8. The second kappa shape index (κ2) is 22.2. The Balaban J connectivity index is 0.730. The van der Waals surface area contributed by atoms with E-state index in [0.717, 1.165) is 173 Å². The molecule has 16 heteroatoms. The van der Waals surface area contributed by atoms with Crippen LogP contribution < -0.4 is 45.9 Å². The zero-order valence-corrected chi connectivity index (χ0v) is 55.7. The van der Waals surface area contributed by atoms with Gasteiger partial charge in [0.25, 0.3) is 0 Å². The van der Waals surface area contributed by atoms with Crippen LogP contribution in [0.1, 0.15) is 60.8 Å². The summed E-state index contributed by atoms with van der Waals surface area (Å²) < 4.78 is 0. The smallest absolute Gasteiger partial charge is 0.138 e. The molecule has 20 N–H and O–H groups in total. The molecule has 496 valence electrons. The lowest BCUT2D eigenvalue weighted by Gasteiger charge is -2.71. The molecule has 4 aromatic heterocycles. The number of imidazole rings is 4. The van der Waals surface area contributed by atoms with Crippen molar-refractivity contribution in [3.05, 3.63) is 265 Å². The number of hydrogen-bond donors (Lipinski definition) is 12. The third-order valence-electron chi connectivity index (χ3n) is 22.8. The van der Waals surface area contributed by atoms with Crippen molar-refractivity contribution in [1.82, 2.24) is 39.9 Å². The number of hydrogen-bond acceptors (Lipinski definition) is 12. The molecule has 102 heavy (non-hydrogen) atoms. The highest BCUT2D eigenvalue weighted by Gasteiger charge is 2.69. The van der Waals surface area contributed by atoms with Gasteiger partial charge in [-0.1, -0.05) is 146 Å². The van der Waals surface area contributed by atoms with Crippen LogP contribution in [0.2, 0.25) is 0 Å². The van der Waals surface area contributed by atoms with Crippen molar-refractivity contribution in [2.45, 2.75) is 60.2 Å². The molecule has 0 atom stereocenters. The van der Waals surface area contributed by atoms with Crippen molar-refractivity contribution in [1.29, 1.82) is 0 Å². The highest BCUT2D eigenvalue weighted by molar-refractivity contribution is 5.91. The second-order valence-corrected chi connectivity index (χ2v) is 29.1. The molecule has 16 nitrogen and oxygen atoms in total. The first kappa shape index (κ1) is 60.1. The van der Waals surface area contributed by atoms with Crippen LogP contribution >= 0.6 is 0 Å². The minimum atomic E-state index is -0.268. The van der Waals surface area contributed by atoms with E-state index in [9.17, 15) is 0 Å². The Morgan fingerprint density at radius 1 is 0.196 bits per heavy atom. The largest absolute Gasteiger partial charge is 0.397 e. The molecule has 0 radical (unpaired) electrons. The summed E-state index contributed by atoms with van der Waals surface area (Å²) in [5, 5.41) is 0. The van der Waals surface area contributed by atoms with E-state index in [2.05, 4.69) is 190 Å². The Hall–Kier alpha value is -13.1. The van der Waals surface area contributed by atoms with Crippen LogP contribution in [0.25, 0.3) is 134 Å². The van der Waals surface area contributed by atoms with Gasteiger partial charge in [-0.2, -0.15) is 0 Å². The van der Waals surface area contributed by atoms with Gasteiger partial charge in [0.05, 0.1) is 89.6 Å². The van der Waals surface area contributed by atoms with Crippen LogP contribution in [0.15, 0.2) is 243 Å². The minimum absolute atomic E-state index is 0.268. The van der Waals surface area contributed by atoms with Gasteiger partial charge in [0, 0.05) is 22.3 Å². The standard InChI is InChI=1S/C86H72N16/c87-63-25-9-51(33-67(63)91)55-13-29-71-75(37-55)99-79(95-71)47-1-17-59(18-2-47)83-41-84(60-19-3-48(4-20-60)80-96-72-30-14-56(38-76(72)100-80)52-10-26-64(88)68(92)34-52)44-85(42-83,61-21-5-49(6-22-61)81-97-73-31-15-57(39-77(73)101-81)53-11-27-65(89)69(93)35-53)46-86(43-83,45-84)62-23-7-50(8-24-62)82-98-74-32-16-58(40-78(74)102-82)54-12-28-66(90)70(94)36-54/h1-40H,41-46,87-94H2,(H,95,99)(H,96,100)(H,97,101)(H,98,102). The van der Waals surface area contributed by atoms with Crippen LogP contribution in [0.4, 0.5) is 45.5 Å². The molecule has 4 aliphatic carbocycles. The molecule has 0 spiro atoms. The van der Waals surface area contributed by atoms with E-state index in [0.29, 0.717) is 45.5 Å². The van der Waals surface area contributed by atoms with Gasteiger partial charge in [-0.25, -0.2) is 19.9 Å². The molecular weight excluding hydrogens is 1260 g/mol. The molecule has 20 rings (SSSR count). The van der Waals surface area contributed by atoms with Gasteiger partial charge >= 0.3 is 0 Å². The predicted octanol–water partition coefficient (Wildman–Crippen LogP) is 17.6. The molecule has 0 unspecified atom stereocenters. The van der Waals surface area contributed by atoms with Crippen molar-refractivity contribution in [3.8, 4) is 90.1 Å². The first-order valence-electron chi connectivity index (χ1n) is 34.5. The molecule has 4 fully saturated rings. The van der Waals surface area contributed by atoms with Crippen molar-refractivity contribution >= 4 is 89.6 Å². The molecule has 16 aromatic rings. The maximum absolute atomic E-state index is 6.28. The van der Waals surface area contributed by atoms with Crippen LogP contribution in [-0.2, 0) is 21.7 Å². The van der Waals surface area contributed by atoms with Gasteiger partial charge in [-0.05, 0) is 224 Å². The monoisotopic (exact) mass is 1330 g/mol. The van der Waals surface area contributed by atoms with Crippen molar-refractivity contribution in [3.63, 3.8) is 0 Å². The fraction of sp³-hybridized carbons (Fsp3) is 0.116. The minimum Gasteiger partial charge on any atom is -0.397 e. The number of nitrogens with two attached hydrogens (primary N) is 8. The highest BCUT2D eigenvalue weighted by Crippen LogP contribution is 2.75. The quantitative estimate of drug-likeness (QED) is 0.0508. The molecule has 4 heterocycles. The Morgan fingerprint density at radius 2 is 0.373 bits per heavy atom. The average Bonchev–Trinajstić information content (AvgIpc) is 0.872. The van der Waals surface area contributed by atoms with E-state index < -0.39 is 0 Å². The molecular formula is C86H72N16. The van der Waals surface area contributed by atoms with Gasteiger partial charge in [0.15, 0.2) is 0 Å². The van der Waals surface area contributed by atoms with E-state index in [1.54, 1.807) is 0 Å². The maximum Gasteiger partial charge on any atom is 0.138 e. The molecule has 4 bridgehead atoms. The number of aromatic nitrogens is 8. The summed E-state index contributed by atoms with van der Waals surface area (Å²) in [7, 11) is 0. The van der Waals surface area contributed by atoms with Crippen molar-refractivity contribution in [2.75, 3.05) is 45.9 Å². The molecule has 0 saturated heterocycles. The van der Waals surface area contributed by atoms with E-state index in [1.165, 1.54) is 22.3 Å². The summed E-state index contributed by atoms with van der Waals surface area (Å²) >= 11 is 0. The van der Waals surface area contributed by atoms with Gasteiger partial charge in [-0.15, -0.1) is 0 Å². The number of nitrogens with zero attached hydrogens (tertiary/aromatic N) is 4. The average molecular weight is 1330 g/mol. The van der Waals surface area contributed by atoms with Gasteiger partial charge in [-0.3, -0.25) is 0 Å². The van der Waals surface area contributed by atoms with E-state index >= 15 is 0 Å². The molecule has 4 saturated carbocycles. The SMILES string of the molecule is Nc1ccc(-c2ccc3nc(-c4ccc(C56CC7(c8ccc(-c9nc%10ccc(-c%11ccc(N)c(N)c%11)cc%10[nH]9)cc8)CC(c8ccc(-c9nc%10ccc(-c%11ccc(N)c(N)c%11)cc%10[nH]9)cc8)(C5)CC(c5ccc(-c8nc9ccc(-c%10ccc(N)c(N)c%10)cc9[nH]8)cc5)(C6)C7)cc4)[nH]c3c2)cc1N. The summed E-state index contributed by atoms with van der Waals surface area (Å²) in [6.45, 7) is 0. The number of nitrogen functional groups attached to an aromatic ring is 8. The first-order chi connectivity index (χ1) is 49.5. The zero-order chi connectivity index (χ0) is 69.0. The summed E-state index contributed by atoms with van der Waals surface area (Å²) in [6, 6.07) is 85.8. The Kier molecular flexibility index (Phi) is 13.1. The highest BCUT2D eigenvalue weighted by atomic mass is 14.9. The van der Waals surface area contributed by atoms with Gasteiger partial charge in [0.1, 0.15) is 23.3 Å². The summed E-state index contributed by atoms with van der Waals surface area (Å²) in [6.07, 6.45) is 5.82. The van der Waals surface area contributed by atoms with Crippen LogP contribution in [0.3, 0.4) is 0 Å². The molecule has 12 aromatic carbocycles. The summed E-state index contributed by atoms with van der Waals surface area (Å²) in [4.78, 5) is 35.4. The number of rotatable bonds is 12. The topological polar surface area (TPSA) is 323 Å². The first-order valence-corrected chi connectivity index (χ1v) is 34.5. The number of aromatic amines is 4. The normalized spacial score (nSPS) is 19.2. The lowest BCUT2D eigenvalue weighted by molar-refractivity contribution is -0.0691. The van der Waals surface area contributed by atoms with E-state index in [-0.39, 0.29) is 21.7 Å². The van der Waals surface area contributed by atoms with E-state index in [4.69, 9.17) is 65.8 Å². The summed E-state index contributed by atoms with van der Waals surface area (Å²) in [5.41, 5.74) is 77.8. The number of benzene rings is 12. The number of nitrogens with one attached hydrogen (secondary N) is 4. The zero-order valence-electron chi connectivity index (χ0n) is 55.7. The van der Waals surface area contributed by atoms with Crippen molar-refractivity contribution < 1.29 is 0 Å². The second-order valence-electron chi connectivity index (χ2n) is 29.1. The van der Waals surface area contributed by atoms with Gasteiger partial charge < -0.3 is 65.8 Å². The Labute approximate surface area is 587 Å². The molecule has 0 amide bonds. The lowest BCUT2D eigenvalue weighted by Crippen LogP contribution is -2.67. The molecule has 4 aliphatic rings. The van der Waals surface area contributed by atoms with Crippen LogP contribution in [0, 0.1) is 0 Å². The molecule has 0 aliphatic heterocycles. The van der Waals surface area contributed by atoms with Crippen LogP contribution in [0.5, 0.6) is 0 Å². The number of anilines is 8. The van der Waals surface area contributed by atoms with Crippen LogP contribution in [-0.4, -0.2) is 39.9 Å². The predicted molar refractivity (Wildman–Crippen MR) is 418 cm³/mol. The Bertz CT molecular complexity index is 5300.